The number of nitrogens with zero attached hydrogens (tertiary/aromatic N) is 3. The van der Waals surface area contributed by atoms with Gasteiger partial charge in [0.2, 0.25) is 5.88 Å². The Morgan fingerprint density at radius 3 is 2.58 bits per heavy atom. The van der Waals surface area contributed by atoms with Gasteiger partial charge in [0, 0.05) is 13.2 Å². The number of alkyl halides is 1. The SMILES string of the molecule is COCC(C)(C)n1c(CCl)nc2ccc(OC)nc21. The molecule has 19 heavy (non-hydrogen) atoms. The number of methoxy groups -OCH3 is 2. The summed E-state index contributed by atoms with van der Waals surface area (Å²) in [4.78, 5) is 8.99. The highest BCUT2D eigenvalue weighted by Gasteiger charge is 2.26. The van der Waals surface area contributed by atoms with Gasteiger partial charge in [-0.05, 0) is 19.9 Å². The predicted octanol–water partition coefficient (Wildman–Crippen LogP) is 2.56. The molecule has 0 unspecified atom stereocenters. The molecule has 0 spiro atoms. The van der Waals surface area contributed by atoms with Crippen LogP contribution < -0.4 is 4.74 Å². The summed E-state index contributed by atoms with van der Waals surface area (Å²) in [6.07, 6.45) is 0. The van der Waals surface area contributed by atoms with Crippen molar-refractivity contribution in [3.8, 4) is 5.88 Å². The maximum atomic E-state index is 6.00. The fourth-order valence-corrected chi connectivity index (χ4v) is 2.42. The first-order chi connectivity index (χ1) is 9.03. The smallest absolute Gasteiger partial charge is 0.215 e. The summed E-state index contributed by atoms with van der Waals surface area (Å²) in [6, 6.07) is 3.68. The molecule has 0 radical (unpaired) electrons. The van der Waals surface area contributed by atoms with Crippen LogP contribution in [0.3, 0.4) is 0 Å². The van der Waals surface area contributed by atoms with Gasteiger partial charge < -0.3 is 14.0 Å². The van der Waals surface area contributed by atoms with Gasteiger partial charge in [-0.3, -0.25) is 0 Å². The van der Waals surface area contributed by atoms with E-state index in [4.69, 9.17) is 21.1 Å². The van der Waals surface area contributed by atoms with Gasteiger partial charge in [0.1, 0.15) is 11.3 Å². The van der Waals surface area contributed by atoms with Crippen LogP contribution in [-0.2, 0) is 16.2 Å². The second-order valence-electron chi connectivity index (χ2n) is 4.94. The van der Waals surface area contributed by atoms with Gasteiger partial charge in [-0.2, -0.15) is 4.98 Å². The first-order valence-electron chi connectivity index (χ1n) is 6.01. The summed E-state index contributed by atoms with van der Waals surface area (Å²) in [6.45, 7) is 4.67. The lowest BCUT2D eigenvalue weighted by atomic mass is 10.1. The van der Waals surface area contributed by atoms with Crippen LogP contribution >= 0.6 is 11.6 Å². The molecule has 6 heteroatoms. The Labute approximate surface area is 117 Å². The second-order valence-corrected chi connectivity index (χ2v) is 5.21. The minimum atomic E-state index is -0.285. The zero-order chi connectivity index (χ0) is 14.0. The van der Waals surface area contributed by atoms with E-state index in [2.05, 4.69) is 23.8 Å². The van der Waals surface area contributed by atoms with Gasteiger partial charge in [0.25, 0.3) is 0 Å². The molecule has 0 saturated heterocycles. The van der Waals surface area contributed by atoms with Crippen molar-refractivity contribution < 1.29 is 9.47 Å². The van der Waals surface area contributed by atoms with Crippen molar-refractivity contribution in [1.29, 1.82) is 0 Å². The monoisotopic (exact) mass is 283 g/mol. The van der Waals surface area contributed by atoms with Crippen molar-refractivity contribution in [3.63, 3.8) is 0 Å². The Morgan fingerprint density at radius 2 is 2.00 bits per heavy atom. The third-order valence-electron chi connectivity index (χ3n) is 2.98. The molecule has 104 valence electrons. The second kappa shape index (κ2) is 5.35. The lowest BCUT2D eigenvalue weighted by molar-refractivity contribution is 0.110. The molecule has 0 N–H and O–H groups in total. The van der Waals surface area contributed by atoms with E-state index in [1.54, 1.807) is 20.3 Å². The van der Waals surface area contributed by atoms with Gasteiger partial charge in [0.05, 0.1) is 25.1 Å². The number of halogens is 1. The first kappa shape index (κ1) is 14.1. The van der Waals surface area contributed by atoms with E-state index in [1.807, 2.05) is 10.6 Å². The van der Waals surface area contributed by atoms with Crippen molar-refractivity contribution in [3.05, 3.63) is 18.0 Å². The van der Waals surface area contributed by atoms with Crippen molar-refractivity contribution in [1.82, 2.24) is 14.5 Å². The highest BCUT2D eigenvalue weighted by molar-refractivity contribution is 6.16. The summed E-state index contributed by atoms with van der Waals surface area (Å²) < 4.78 is 12.5. The fraction of sp³-hybridized carbons (Fsp3) is 0.538. The molecular formula is C13H18ClN3O2. The minimum absolute atomic E-state index is 0.285. The minimum Gasteiger partial charge on any atom is -0.481 e. The molecule has 5 nitrogen and oxygen atoms in total. The summed E-state index contributed by atoms with van der Waals surface area (Å²) in [5, 5.41) is 0. The summed E-state index contributed by atoms with van der Waals surface area (Å²) in [5.74, 6) is 1.66. The van der Waals surface area contributed by atoms with Crippen LogP contribution in [0.2, 0.25) is 0 Å². The molecule has 0 saturated carbocycles. The number of fused-ring (bicyclic) bond motifs is 1. The Hall–Kier alpha value is -1.33. The number of aromatic nitrogens is 3. The van der Waals surface area contributed by atoms with Gasteiger partial charge in [-0.15, -0.1) is 11.6 Å². The summed E-state index contributed by atoms with van der Waals surface area (Å²) >= 11 is 6.00. The Morgan fingerprint density at radius 1 is 1.26 bits per heavy atom. The molecule has 0 amide bonds. The van der Waals surface area contributed by atoms with Crippen LogP contribution in [0, 0.1) is 0 Å². The third kappa shape index (κ3) is 2.53. The van der Waals surface area contributed by atoms with Crippen LogP contribution in [0.25, 0.3) is 11.2 Å². The van der Waals surface area contributed by atoms with Crippen LogP contribution in [-0.4, -0.2) is 35.4 Å². The summed E-state index contributed by atoms with van der Waals surface area (Å²) in [5.41, 5.74) is 1.28. The van der Waals surface area contributed by atoms with E-state index in [0.717, 1.165) is 17.0 Å². The Kier molecular flexibility index (Phi) is 3.96. The van der Waals surface area contributed by atoms with E-state index >= 15 is 0 Å². The molecule has 2 aromatic heterocycles. The third-order valence-corrected chi connectivity index (χ3v) is 3.22. The van der Waals surface area contributed by atoms with Crippen LogP contribution in [0.5, 0.6) is 5.88 Å². The van der Waals surface area contributed by atoms with Gasteiger partial charge in [-0.25, -0.2) is 4.98 Å². The Bertz CT molecular complexity index is 581. The first-order valence-corrected chi connectivity index (χ1v) is 6.54. The number of pyridine rings is 1. The lowest BCUT2D eigenvalue weighted by Gasteiger charge is -2.27. The molecule has 0 atom stereocenters. The standard InChI is InChI=1S/C13H18ClN3O2/c1-13(2,8-18-3)17-10(7-14)15-9-5-6-11(19-4)16-12(9)17/h5-6H,7-8H2,1-4H3. The number of imidazole rings is 1. The fourth-order valence-electron chi connectivity index (χ4n) is 2.24. The molecule has 2 heterocycles. The van der Waals surface area contributed by atoms with Crippen molar-refractivity contribution in [2.24, 2.45) is 0 Å². The van der Waals surface area contributed by atoms with Crippen LogP contribution in [0.4, 0.5) is 0 Å². The van der Waals surface area contributed by atoms with Gasteiger partial charge in [0.15, 0.2) is 5.65 Å². The molecule has 2 aromatic rings. The highest BCUT2D eigenvalue weighted by Crippen LogP contribution is 2.27. The topological polar surface area (TPSA) is 49.2 Å². The van der Waals surface area contributed by atoms with E-state index in [0.29, 0.717) is 18.4 Å². The number of rotatable bonds is 5. The average Bonchev–Trinajstić information content (AvgIpc) is 2.76. The normalized spacial score (nSPS) is 12.1. The molecule has 0 aromatic carbocycles. The van der Waals surface area contributed by atoms with E-state index in [9.17, 15) is 0 Å². The van der Waals surface area contributed by atoms with Crippen LogP contribution in [0.1, 0.15) is 19.7 Å². The largest absolute Gasteiger partial charge is 0.481 e. The molecular weight excluding hydrogens is 266 g/mol. The highest BCUT2D eigenvalue weighted by atomic mass is 35.5. The molecule has 0 fully saturated rings. The predicted molar refractivity (Wildman–Crippen MR) is 74.8 cm³/mol. The van der Waals surface area contributed by atoms with E-state index in [-0.39, 0.29) is 5.54 Å². The summed E-state index contributed by atoms with van der Waals surface area (Å²) in [7, 11) is 3.27. The molecule has 0 aliphatic rings. The van der Waals surface area contributed by atoms with Crippen molar-refractivity contribution in [2.75, 3.05) is 20.8 Å². The average molecular weight is 284 g/mol. The van der Waals surface area contributed by atoms with E-state index < -0.39 is 0 Å². The molecule has 2 rings (SSSR count). The van der Waals surface area contributed by atoms with Gasteiger partial charge >= 0.3 is 0 Å². The van der Waals surface area contributed by atoms with Gasteiger partial charge in [-0.1, -0.05) is 0 Å². The maximum Gasteiger partial charge on any atom is 0.215 e. The molecule has 0 bridgehead atoms. The maximum absolute atomic E-state index is 6.00. The zero-order valence-corrected chi connectivity index (χ0v) is 12.4. The quantitative estimate of drug-likeness (QED) is 0.791. The number of hydrogen-bond donors (Lipinski definition) is 0. The molecule has 0 aliphatic carbocycles. The van der Waals surface area contributed by atoms with Crippen LogP contribution in [0.15, 0.2) is 12.1 Å². The number of ether oxygens (including phenoxy) is 2. The molecule has 0 aliphatic heterocycles. The zero-order valence-electron chi connectivity index (χ0n) is 11.6. The van der Waals surface area contributed by atoms with Crippen molar-refractivity contribution >= 4 is 22.8 Å². The van der Waals surface area contributed by atoms with E-state index in [1.165, 1.54) is 0 Å². The number of hydrogen-bond acceptors (Lipinski definition) is 4. The van der Waals surface area contributed by atoms with Crippen molar-refractivity contribution in [2.45, 2.75) is 25.3 Å². The Balaban J connectivity index is 2.67. The lowest BCUT2D eigenvalue weighted by Crippen LogP contribution is -2.33.